The molecule has 0 amide bonds. The van der Waals surface area contributed by atoms with Crippen LogP contribution in [0.5, 0.6) is 0 Å². The SMILES string of the molecule is CCCCCOC(=O)c1ccc(Br)c(S(=O)(=O)Cl)c1. The number of halogens is 2. The molecule has 106 valence electrons. The van der Waals surface area contributed by atoms with Crippen LogP contribution in [0.3, 0.4) is 0 Å². The van der Waals surface area contributed by atoms with Crippen molar-refractivity contribution in [1.29, 1.82) is 0 Å². The number of ether oxygens (including phenoxy) is 1. The van der Waals surface area contributed by atoms with Crippen molar-refractivity contribution in [2.24, 2.45) is 0 Å². The summed E-state index contributed by atoms with van der Waals surface area (Å²) in [5, 5.41) is 0. The molecular weight excluding hydrogens is 356 g/mol. The standard InChI is InChI=1S/C12H14BrClO4S/c1-2-3-4-7-18-12(15)9-5-6-10(13)11(8-9)19(14,16)17/h5-6,8H,2-4,7H2,1H3. The van der Waals surface area contributed by atoms with Crippen molar-refractivity contribution >= 4 is 41.6 Å². The Morgan fingerprint density at radius 3 is 2.63 bits per heavy atom. The van der Waals surface area contributed by atoms with Gasteiger partial charge in [0.05, 0.1) is 17.1 Å². The van der Waals surface area contributed by atoms with Crippen molar-refractivity contribution in [2.75, 3.05) is 6.61 Å². The molecule has 0 aliphatic carbocycles. The highest BCUT2D eigenvalue weighted by Gasteiger charge is 2.18. The normalized spacial score (nSPS) is 11.3. The van der Waals surface area contributed by atoms with Crippen LogP contribution < -0.4 is 0 Å². The maximum Gasteiger partial charge on any atom is 0.338 e. The number of carbonyl (C=O) groups is 1. The molecule has 0 fully saturated rings. The third-order valence-corrected chi connectivity index (χ3v) is 4.73. The third-order valence-electron chi connectivity index (χ3n) is 2.41. The Kier molecular flexibility index (Phi) is 6.29. The Bertz CT molecular complexity index is 557. The molecule has 7 heteroatoms. The van der Waals surface area contributed by atoms with E-state index in [1.807, 2.05) is 6.92 Å². The van der Waals surface area contributed by atoms with E-state index < -0.39 is 15.0 Å². The highest BCUT2D eigenvalue weighted by Crippen LogP contribution is 2.26. The van der Waals surface area contributed by atoms with E-state index in [0.717, 1.165) is 19.3 Å². The molecule has 19 heavy (non-hydrogen) atoms. The van der Waals surface area contributed by atoms with Crippen molar-refractivity contribution in [3.63, 3.8) is 0 Å². The van der Waals surface area contributed by atoms with Gasteiger partial charge >= 0.3 is 5.97 Å². The smallest absolute Gasteiger partial charge is 0.338 e. The van der Waals surface area contributed by atoms with Gasteiger partial charge in [-0.1, -0.05) is 19.8 Å². The van der Waals surface area contributed by atoms with E-state index in [0.29, 0.717) is 11.1 Å². The van der Waals surface area contributed by atoms with Gasteiger partial charge in [-0.05, 0) is 40.5 Å². The van der Waals surface area contributed by atoms with Crippen LogP contribution >= 0.6 is 26.6 Å². The summed E-state index contributed by atoms with van der Waals surface area (Å²) in [6.07, 6.45) is 2.80. The van der Waals surface area contributed by atoms with E-state index in [1.54, 1.807) is 0 Å². The molecule has 0 saturated heterocycles. The van der Waals surface area contributed by atoms with Crippen molar-refractivity contribution < 1.29 is 17.9 Å². The molecule has 0 unspecified atom stereocenters. The highest BCUT2D eigenvalue weighted by atomic mass is 79.9. The summed E-state index contributed by atoms with van der Waals surface area (Å²) in [6.45, 7) is 2.37. The van der Waals surface area contributed by atoms with Gasteiger partial charge in [0.2, 0.25) is 0 Å². The fourth-order valence-corrected chi connectivity index (χ4v) is 3.53. The van der Waals surface area contributed by atoms with E-state index in [1.165, 1.54) is 18.2 Å². The first kappa shape index (κ1) is 16.5. The molecule has 0 bridgehead atoms. The van der Waals surface area contributed by atoms with Gasteiger partial charge in [-0.25, -0.2) is 13.2 Å². The van der Waals surface area contributed by atoms with E-state index >= 15 is 0 Å². The van der Waals surface area contributed by atoms with E-state index in [2.05, 4.69) is 15.9 Å². The van der Waals surface area contributed by atoms with Crippen molar-refractivity contribution in [1.82, 2.24) is 0 Å². The second-order valence-corrected chi connectivity index (χ2v) is 7.31. The summed E-state index contributed by atoms with van der Waals surface area (Å²) in [5.41, 5.74) is 0.166. The Labute approximate surface area is 125 Å². The largest absolute Gasteiger partial charge is 0.462 e. The Balaban J connectivity index is 2.82. The lowest BCUT2D eigenvalue weighted by atomic mass is 10.2. The minimum Gasteiger partial charge on any atom is -0.462 e. The predicted octanol–water partition coefficient (Wildman–Crippen LogP) is 3.72. The lowest BCUT2D eigenvalue weighted by Crippen LogP contribution is -2.07. The minimum absolute atomic E-state index is 0.142. The van der Waals surface area contributed by atoms with Gasteiger partial charge in [-0.15, -0.1) is 0 Å². The highest BCUT2D eigenvalue weighted by molar-refractivity contribution is 9.10. The minimum atomic E-state index is -3.90. The quantitative estimate of drug-likeness (QED) is 0.435. The number of hydrogen-bond donors (Lipinski definition) is 0. The van der Waals surface area contributed by atoms with Gasteiger partial charge in [0.25, 0.3) is 9.05 Å². The maximum atomic E-state index is 11.7. The van der Waals surface area contributed by atoms with Gasteiger partial charge in [0.15, 0.2) is 0 Å². The molecule has 0 aromatic heterocycles. The predicted molar refractivity (Wildman–Crippen MR) is 77.0 cm³/mol. The number of benzene rings is 1. The number of carbonyl (C=O) groups excluding carboxylic acids is 1. The average molecular weight is 370 g/mol. The molecule has 0 heterocycles. The molecular formula is C12H14BrClO4S. The molecule has 0 aliphatic heterocycles. The molecule has 0 spiro atoms. The van der Waals surface area contributed by atoms with E-state index in [-0.39, 0.29) is 10.5 Å². The van der Waals surface area contributed by atoms with E-state index in [9.17, 15) is 13.2 Å². The van der Waals surface area contributed by atoms with Crippen LogP contribution in [0.25, 0.3) is 0 Å². The van der Waals surface area contributed by atoms with Gasteiger partial charge in [-0.2, -0.15) is 0 Å². The second-order valence-electron chi connectivity index (χ2n) is 3.93. The van der Waals surface area contributed by atoms with Gasteiger partial charge in [0, 0.05) is 15.2 Å². The molecule has 1 aromatic carbocycles. The summed E-state index contributed by atoms with van der Waals surface area (Å²) in [5.74, 6) is -0.551. The third kappa shape index (κ3) is 5.12. The molecule has 0 atom stereocenters. The van der Waals surface area contributed by atoms with Gasteiger partial charge < -0.3 is 4.74 Å². The zero-order valence-corrected chi connectivity index (χ0v) is 13.5. The van der Waals surface area contributed by atoms with Crippen LogP contribution in [-0.4, -0.2) is 21.0 Å². The van der Waals surface area contributed by atoms with Crippen LogP contribution in [0.2, 0.25) is 0 Å². The number of unbranched alkanes of at least 4 members (excludes halogenated alkanes) is 2. The zero-order valence-electron chi connectivity index (χ0n) is 10.4. The van der Waals surface area contributed by atoms with Crippen LogP contribution in [0.1, 0.15) is 36.5 Å². The summed E-state index contributed by atoms with van der Waals surface area (Å²) < 4.78 is 28.0. The second kappa shape index (κ2) is 7.26. The van der Waals surface area contributed by atoms with Crippen LogP contribution in [-0.2, 0) is 13.8 Å². The fraction of sp³-hybridized carbons (Fsp3) is 0.417. The number of rotatable bonds is 6. The first-order chi connectivity index (χ1) is 8.86. The number of esters is 1. The molecule has 4 nitrogen and oxygen atoms in total. The Hall–Kier alpha value is -0.590. The van der Waals surface area contributed by atoms with Crippen molar-refractivity contribution in [3.8, 4) is 0 Å². The molecule has 0 saturated carbocycles. The van der Waals surface area contributed by atoms with Crippen LogP contribution in [0.15, 0.2) is 27.6 Å². The fourth-order valence-electron chi connectivity index (χ4n) is 1.42. The lowest BCUT2D eigenvalue weighted by Gasteiger charge is -2.06. The van der Waals surface area contributed by atoms with Gasteiger partial charge in [-0.3, -0.25) is 0 Å². The first-order valence-electron chi connectivity index (χ1n) is 5.77. The summed E-state index contributed by atoms with van der Waals surface area (Å²) in [4.78, 5) is 11.6. The van der Waals surface area contributed by atoms with Gasteiger partial charge in [0.1, 0.15) is 0 Å². The Morgan fingerprint density at radius 2 is 2.05 bits per heavy atom. The summed E-state index contributed by atoms with van der Waals surface area (Å²) in [7, 11) is 1.38. The van der Waals surface area contributed by atoms with Crippen molar-refractivity contribution in [3.05, 3.63) is 28.2 Å². The molecule has 0 N–H and O–H groups in total. The van der Waals surface area contributed by atoms with Crippen LogP contribution in [0.4, 0.5) is 0 Å². The lowest BCUT2D eigenvalue weighted by molar-refractivity contribution is 0.0498. The Morgan fingerprint density at radius 1 is 1.37 bits per heavy atom. The average Bonchev–Trinajstić information content (AvgIpc) is 2.33. The zero-order chi connectivity index (χ0) is 14.5. The van der Waals surface area contributed by atoms with Crippen molar-refractivity contribution in [2.45, 2.75) is 31.1 Å². The monoisotopic (exact) mass is 368 g/mol. The molecule has 1 rings (SSSR count). The number of hydrogen-bond acceptors (Lipinski definition) is 4. The maximum absolute atomic E-state index is 11.7. The first-order valence-corrected chi connectivity index (χ1v) is 8.88. The van der Waals surface area contributed by atoms with E-state index in [4.69, 9.17) is 15.4 Å². The van der Waals surface area contributed by atoms with Crippen LogP contribution in [0, 0.1) is 0 Å². The summed E-state index contributed by atoms with van der Waals surface area (Å²) in [6, 6.07) is 4.14. The molecule has 1 aromatic rings. The molecule has 0 radical (unpaired) electrons. The molecule has 0 aliphatic rings. The summed E-state index contributed by atoms with van der Waals surface area (Å²) >= 11 is 3.07. The topological polar surface area (TPSA) is 60.4 Å².